The van der Waals surface area contributed by atoms with Gasteiger partial charge in [-0.1, -0.05) is 78.3 Å². The minimum absolute atomic E-state index is 0.243. The number of carbonyl (C=O) groups is 8. The summed E-state index contributed by atoms with van der Waals surface area (Å²) in [5, 5.41) is 5.99. The Morgan fingerprint density at radius 1 is 0.600 bits per heavy atom. The number of hydrogen-bond acceptors (Lipinski definition) is 10. The highest BCUT2D eigenvalue weighted by Gasteiger charge is 2.49. The summed E-state index contributed by atoms with van der Waals surface area (Å²) in [6.07, 6.45) is 2.59. The first-order valence-corrected chi connectivity index (χ1v) is 24.1. The van der Waals surface area contributed by atoms with Gasteiger partial charge in [-0.15, -0.1) is 0 Å². The number of amides is 6. The van der Waals surface area contributed by atoms with Crippen LogP contribution in [0.3, 0.4) is 0 Å². The van der Waals surface area contributed by atoms with E-state index in [1.165, 1.54) is 19.6 Å². The van der Waals surface area contributed by atoms with E-state index < -0.39 is 113 Å². The van der Waals surface area contributed by atoms with Gasteiger partial charge in [0.1, 0.15) is 42.4 Å². The van der Waals surface area contributed by atoms with E-state index in [4.69, 9.17) is 9.47 Å². The summed E-state index contributed by atoms with van der Waals surface area (Å²) in [5.74, 6) is -5.49. The van der Waals surface area contributed by atoms with Crippen molar-refractivity contribution in [3.05, 3.63) is 35.9 Å². The third kappa shape index (κ3) is 10.7. The molecule has 0 saturated carbocycles. The van der Waals surface area contributed by atoms with Crippen molar-refractivity contribution in [3.63, 3.8) is 0 Å². The Labute approximate surface area is 384 Å². The molecule has 5 aliphatic heterocycles. The van der Waals surface area contributed by atoms with Crippen LogP contribution in [-0.4, -0.2) is 142 Å². The Hall–Kier alpha value is -5.02. The maximum atomic E-state index is 14.9. The third-order valence-corrected chi connectivity index (χ3v) is 14.3. The lowest BCUT2D eigenvalue weighted by atomic mass is 9.82. The fourth-order valence-electron chi connectivity index (χ4n) is 10.4. The zero-order valence-electron chi connectivity index (χ0n) is 39.7. The molecule has 5 saturated heterocycles. The van der Waals surface area contributed by atoms with Crippen LogP contribution in [0.1, 0.15) is 125 Å². The van der Waals surface area contributed by atoms with Crippen LogP contribution in [0.2, 0.25) is 0 Å². The van der Waals surface area contributed by atoms with Crippen molar-refractivity contribution in [1.29, 1.82) is 0 Å². The van der Waals surface area contributed by atoms with Crippen LogP contribution in [0.4, 0.5) is 0 Å². The maximum Gasteiger partial charge on any atom is 0.329 e. The van der Waals surface area contributed by atoms with Crippen LogP contribution in [0.5, 0.6) is 0 Å². The molecule has 65 heavy (non-hydrogen) atoms. The molecule has 0 spiro atoms. The van der Waals surface area contributed by atoms with Gasteiger partial charge in [0.25, 0.3) is 5.91 Å². The second kappa shape index (κ2) is 21.1. The summed E-state index contributed by atoms with van der Waals surface area (Å²) in [5.41, 5.74) is -0.371. The van der Waals surface area contributed by atoms with Crippen LogP contribution >= 0.6 is 0 Å². The minimum Gasteiger partial charge on any atom is -0.460 e. The van der Waals surface area contributed by atoms with Crippen LogP contribution < -0.4 is 10.6 Å². The standard InChI is InChI=1S/C49H72N6O10/c1-9-17-37-49(7,8)48(63)51-38(29(2)3)43(58)54-26-16-23-36(54)47(62)65-40(30(4)5)45(60)53-25-14-21-34(53)42(57)52-24-13-20-33(52)41(56)50-39(31(6)28-32-18-11-10-12-19-32)44(59)55-27-15-22-35(55)46(61)64-37/h10-12,18-19,29-31,33-40H,9,13-17,20-28H2,1-8H3,(H,50,56)(H,51,63)/t31-,33+,34+,35+,36+,37-,38+,39+,40+/m1/s1. The molecule has 0 unspecified atom stereocenters. The van der Waals surface area contributed by atoms with E-state index in [-0.39, 0.29) is 32.1 Å². The van der Waals surface area contributed by atoms with Crippen molar-refractivity contribution in [2.75, 3.05) is 26.2 Å². The highest BCUT2D eigenvalue weighted by molar-refractivity contribution is 5.97. The highest BCUT2D eigenvalue weighted by atomic mass is 16.6. The fraction of sp³-hybridized carbons (Fsp3) is 0.714. The van der Waals surface area contributed by atoms with Crippen molar-refractivity contribution in [2.24, 2.45) is 23.2 Å². The number of fused-ring (bicyclic) bond motifs is 4. The first-order valence-electron chi connectivity index (χ1n) is 24.1. The summed E-state index contributed by atoms with van der Waals surface area (Å²) in [7, 11) is 0. The lowest BCUT2D eigenvalue weighted by Gasteiger charge is -2.37. The molecule has 9 atom stereocenters. The normalized spacial score (nSPS) is 30.6. The first kappa shape index (κ1) is 49.4. The van der Waals surface area contributed by atoms with Gasteiger partial charge in [0.05, 0.1) is 5.41 Å². The van der Waals surface area contributed by atoms with Gasteiger partial charge in [0, 0.05) is 26.2 Å². The second-order valence-electron chi connectivity index (χ2n) is 20.1. The molecular weight excluding hydrogens is 833 g/mol. The van der Waals surface area contributed by atoms with Gasteiger partial charge in [-0.2, -0.15) is 0 Å². The van der Waals surface area contributed by atoms with Crippen LogP contribution in [-0.2, 0) is 54.3 Å². The summed E-state index contributed by atoms with van der Waals surface area (Å²) in [4.78, 5) is 121. The van der Waals surface area contributed by atoms with E-state index in [0.717, 1.165) is 5.56 Å². The van der Waals surface area contributed by atoms with E-state index in [2.05, 4.69) is 10.6 Å². The largest absolute Gasteiger partial charge is 0.460 e. The summed E-state index contributed by atoms with van der Waals surface area (Å²) in [6, 6.07) is 3.74. The van der Waals surface area contributed by atoms with Crippen molar-refractivity contribution in [1.82, 2.24) is 30.2 Å². The highest BCUT2D eigenvalue weighted by Crippen LogP contribution is 2.33. The molecule has 0 bridgehead atoms. The minimum atomic E-state index is -1.33. The molecule has 358 valence electrons. The van der Waals surface area contributed by atoms with Gasteiger partial charge in [-0.05, 0) is 101 Å². The molecular formula is C49H72N6O10. The molecule has 5 fully saturated rings. The summed E-state index contributed by atoms with van der Waals surface area (Å²) < 4.78 is 12.3. The number of benzene rings is 1. The Balaban J connectivity index is 1.38. The number of hydrogen-bond donors (Lipinski definition) is 2. The summed E-state index contributed by atoms with van der Waals surface area (Å²) in [6.45, 7) is 15.3. The van der Waals surface area contributed by atoms with Crippen molar-refractivity contribution in [2.45, 2.75) is 174 Å². The van der Waals surface area contributed by atoms with Crippen molar-refractivity contribution >= 4 is 47.4 Å². The molecule has 16 nitrogen and oxygen atoms in total. The first-order chi connectivity index (χ1) is 30.9. The van der Waals surface area contributed by atoms with E-state index >= 15 is 0 Å². The SMILES string of the molecule is CCC[C@H]1OC(=O)[C@@H]2CCCN2C(=O)[C@H]([C@H](C)Cc2ccccc2)NC(=O)[C@@H]2CCCN2C(=O)[C@@H]2CCCN2C(=O)[C@H](C(C)C)OC(=O)[C@@H]2CCCN2C(=O)[C@H](C(C)C)NC(=O)C1(C)C. The molecule has 5 heterocycles. The molecule has 0 aliphatic carbocycles. The zero-order chi connectivity index (χ0) is 47.3. The van der Waals surface area contributed by atoms with Crippen LogP contribution in [0, 0.1) is 23.2 Å². The fourth-order valence-corrected chi connectivity index (χ4v) is 10.4. The topological polar surface area (TPSA) is 192 Å². The second-order valence-corrected chi connectivity index (χ2v) is 20.1. The number of cyclic esters (lactones) is 2. The van der Waals surface area contributed by atoms with E-state index in [0.29, 0.717) is 70.6 Å². The molecule has 0 aromatic heterocycles. The summed E-state index contributed by atoms with van der Waals surface area (Å²) >= 11 is 0. The van der Waals surface area contributed by atoms with Crippen LogP contribution in [0.15, 0.2) is 30.3 Å². The number of esters is 2. The van der Waals surface area contributed by atoms with Crippen molar-refractivity contribution in [3.8, 4) is 0 Å². The molecule has 1 aromatic carbocycles. The zero-order valence-corrected chi connectivity index (χ0v) is 39.7. The number of nitrogens with one attached hydrogen (secondary N) is 2. The molecule has 6 rings (SSSR count). The average molecular weight is 905 g/mol. The quantitative estimate of drug-likeness (QED) is 0.381. The van der Waals surface area contributed by atoms with Gasteiger partial charge in [-0.3, -0.25) is 28.8 Å². The van der Waals surface area contributed by atoms with Gasteiger partial charge >= 0.3 is 11.9 Å². The number of ether oxygens (including phenoxy) is 2. The van der Waals surface area contributed by atoms with Crippen LogP contribution in [0.25, 0.3) is 0 Å². The number of rotatable bonds is 7. The lowest BCUT2D eigenvalue weighted by molar-refractivity contribution is -0.170. The van der Waals surface area contributed by atoms with Crippen molar-refractivity contribution < 1.29 is 47.8 Å². The Bertz CT molecular complexity index is 1940. The lowest BCUT2D eigenvalue weighted by Crippen LogP contribution is -2.59. The van der Waals surface area contributed by atoms with Gasteiger partial charge < -0.3 is 39.7 Å². The van der Waals surface area contributed by atoms with Gasteiger partial charge in [0.15, 0.2) is 6.10 Å². The number of carbonyl (C=O) groups excluding carboxylic acids is 8. The van der Waals surface area contributed by atoms with Gasteiger partial charge in [0.2, 0.25) is 29.5 Å². The predicted octanol–water partition coefficient (Wildman–Crippen LogP) is 3.77. The van der Waals surface area contributed by atoms with Gasteiger partial charge in [-0.25, -0.2) is 9.59 Å². The Kier molecular flexibility index (Phi) is 16.0. The molecule has 5 aliphatic rings. The van der Waals surface area contributed by atoms with E-state index in [9.17, 15) is 38.4 Å². The number of nitrogens with zero attached hydrogens (tertiary/aromatic N) is 4. The molecule has 6 amide bonds. The third-order valence-electron chi connectivity index (χ3n) is 14.3. The molecule has 0 radical (unpaired) electrons. The monoisotopic (exact) mass is 905 g/mol. The van der Waals surface area contributed by atoms with E-state index in [1.54, 1.807) is 41.5 Å². The Morgan fingerprint density at radius 3 is 1.63 bits per heavy atom. The Morgan fingerprint density at radius 2 is 1.09 bits per heavy atom. The average Bonchev–Trinajstić information content (AvgIpc) is 4.12. The maximum absolute atomic E-state index is 14.9. The predicted molar refractivity (Wildman–Crippen MR) is 240 cm³/mol. The molecule has 16 heteroatoms. The molecule has 1 aromatic rings. The van der Waals surface area contributed by atoms with E-state index in [1.807, 2.05) is 44.2 Å². The smallest absolute Gasteiger partial charge is 0.329 e. The molecule has 2 N–H and O–H groups in total.